The lowest BCUT2D eigenvalue weighted by Gasteiger charge is -2.15. The van der Waals surface area contributed by atoms with Crippen LogP contribution in [0.4, 0.5) is 4.79 Å². The molecule has 180 valence electrons. The van der Waals surface area contributed by atoms with E-state index in [4.69, 9.17) is 9.47 Å². The van der Waals surface area contributed by atoms with E-state index in [1.54, 1.807) is 6.08 Å². The number of hydrogen-bond donors (Lipinski definition) is 0. The van der Waals surface area contributed by atoms with Crippen LogP contribution in [0, 0.1) is 3.57 Å². The second-order valence-electron chi connectivity index (χ2n) is 7.75. The number of carbonyl (C=O) groups is 2. The van der Waals surface area contributed by atoms with Crippen LogP contribution in [0.25, 0.3) is 6.08 Å². The Morgan fingerprint density at radius 1 is 1.00 bits per heavy atom. The van der Waals surface area contributed by atoms with Gasteiger partial charge in [-0.3, -0.25) is 14.5 Å². The van der Waals surface area contributed by atoms with E-state index in [0.717, 1.165) is 36.5 Å². The predicted octanol–water partition coefficient (Wildman–Crippen LogP) is 7.31. The number of rotatable bonds is 9. The van der Waals surface area contributed by atoms with Crippen LogP contribution < -0.4 is 9.47 Å². The molecule has 2 amide bonds. The maximum atomic E-state index is 12.9. The van der Waals surface area contributed by atoms with Crippen LogP contribution in [0.3, 0.4) is 0 Å². The molecular weight excluding hydrogens is 641 g/mol. The van der Waals surface area contributed by atoms with Gasteiger partial charge in [0, 0.05) is 11.0 Å². The van der Waals surface area contributed by atoms with Crippen molar-refractivity contribution in [1.82, 2.24) is 4.90 Å². The monoisotopic (exact) mass is 663 g/mol. The van der Waals surface area contributed by atoms with E-state index in [2.05, 4.69) is 38.5 Å². The molecule has 1 heterocycles. The molecule has 3 aromatic rings. The van der Waals surface area contributed by atoms with Crippen LogP contribution in [0.5, 0.6) is 11.5 Å². The summed E-state index contributed by atoms with van der Waals surface area (Å²) in [6.07, 6.45) is 2.37. The number of hydrogen-bond acceptors (Lipinski definition) is 5. The van der Waals surface area contributed by atoms with Crippen molar-refractivity contribution in [2.75, 3.05) is 13.2 Å². The third-order valence-corrected chi connectivity index (χ3v) is 7.50. The molecule has 5 nitrogen and oxygen atoms in total. The third kappa shape index (κ3) is 6.68. The standard InChI is InChI=1S/C27H23BrINO4S/c1-2-33-23-15-20(14-22(29)25(23)34-17-19-8-10-21(28)11-9-19)16-24-26(31)30(27(32)35-24)13-12-18-6-4-3-5-7-18/h3-11,14-16H,2,12-13,17H2,1H3/b24-16-. The smallest absolute Gasteiger partial charge is 0.293 e. The maximum absolute atomic E-state index is 12.9. The van der Waals surface area contributed by atoms with Crippen LogP contribution in [0.2, 0.25) is 0 Å². The van der Waals surface area contributed by atoms with Gasteiger partial charge in [0.1, 0.15) is 6.61 Å². The third-order valence-electron chi connectivity index (χ3n) is 5.27. The van der Waals surface area contributed by atoms with Gasteiger partial charge in [0.25, 0.3) is 11.1 Å². The van der Waals surface area contributed by atoms with Crippen molar-refractivity contribution in [1.29, 1.82) is 0 Å². The van der Waals surface area contributed by atoms with E-state index >= 15 is 0 Å². The van der Waals surface area contributed by atoms with Gasteiger partial charge in [-0.05, 0) is 94.7 Å². The number of nitrogens with zero attached hydrogens (tertiary/aromatic N) is 1. The second-order valence-corrected chi connectivity index (χ2v) is 10.8. The molecule has 1 aliphatic rings. The summed E-state index contributed by atoms with van der Waals surface area (Å²) in [6, 6.07) is 21.6. The molecule has 0 N–H and O–H groups in total. The molecule has 0 unspecified atom stereocenters. The summed E-state index contributed by atoms with van der Waals surface area (Å²) in [6.45, 7) is 3.15. The first-order valence-electron chi connectivity index (χ1n) is 11.1. The zero-order valence-corrected chi connectivity index (χ0v) is 23.6. The molecule has 1 fully saturated rings. The molecule has 0 saturated carbocycles. The highest BCUT2D eigenvalue weighted by molar-refractivity contribution is 14.1. The van der Waals surface area contributed by atoms with Gasteiger partial charge in [0.05, 0.1) is 15.1 Å². The summed E-state index contributed by atoms with van der Waals surface area (Å²) < 4.78 is 13.8. The van der Waals surface area contributed by atoms with Gasteiger partial charge in [-0.2, -0.15) is 0 Å². The average molecular weight is 664 g/mol. The van der Waals surface area contributed by atoms with E-state index < -0.39 is 0 Å². The van der Waals surface area contributed by atoms with Crippen molar-refractivity contribution < 1.29 is 19.1 Å². The summed E-state index contributed by atoms with van der Waals surface area (Å²) in [5.41, 5.74) is 2.91. The van der Waals surface area contributed by atoms with Crippen molar-refractivity contribution in [3.63, 3.8) is 0 Å². The lowest BCUT2D eigenvalue weighted by molar-refractivity contribution is -0.122. The summed E-state index contributed by atoms with van der Waals surface area (Å²) >= 11 is 6.62. The minimum Gasteiger partial charge on any atom is -0.490 e. The van der Waals surface area contributed by atoms with Crippen LogP contribution in [-0.2, 0) is 17.8 Å². The van der Waals surface area contributed by atoms with Crippen LogP contribution in [-0.4, -0.2) is 29.2 Å². The molecule has 8 heteroatoms. The predicted molar refractivity (Wildman–Crippen MR) is 152 cm³/mol. The molecule has 0 spiro atoms. The van der Waals surface area contributed by atoms with Crippen molar-refractivity contribution in [3.8, 4) is 11.5 Å². The number of thioether (sulfide) groups is 1. The van der Waals surface area contributed by atoms with E-state index in [0.29, 0.717) is 42.6 Å². The zero-order chi connectivity index (χ0) is 24.8. The molecule has 0 atom stereocenters. The van der Waals surface area contributed by atoms with Gasteiger partial charge < -0.3 is 9.47 Å². The molecule has 1 aliphatic heterocycles. The van der Waals surface area contributed by atoms with Gasteiger partial charge in [0.15, 0.2) is 11.5 Å². The fourth-order valence-electron chi connectivity index (χ4n) is 3.54. The Bertz CT molecular complexity index is 1250. The molecule has 0 aromatic heterocycles. The van der Waals surface area contributed by atoms with E-state index in [-0.39, 0.29) is 11.1 Å². The first-order chi connectivity index (χ1) is 16.9. The first-order valence-corrected chi connectivity index (χ1v) is 13.8. The minimum atomic E-state index is -0.264. The Labute approximate surface area is 231 Å². The minimum absolute atomic E-state index is 0.244. The summed E-state index contributed by atoms with van der Waals surface area (Å²) in [5, 5.41) is -0.244. The number of amides is 2. The lowest BCUT2D eigenvalue weighted by Crippen LogP contribution is -2.30. The summed E-state index contributed by atoms with van der Waals surface area (Å²) in [7, 11) is 0. The largest absolute Gasteiger partial charge is 0.490 e. The molecule has 0 aliphatic carbocycles. The fraction of sp³-hybridized carbons (Fsp3) is 0.185. The molecule has 3 aromatic carbocycles. The molecule has 0 bridgehead atoms. The molecular formula is C27H23BrINO4S. The SMILES string of the molecule is CCOc1cc(/C=C2\SC(=O)N(CCc3ccccc3)C2=O)cc(I)c1OCc1ccc(Br)cc1. The average Bonchev–Trinajstić information content (AvgIpc) is 3.11. The van der Waals surface area contributed by atoms with E-state index in [1.165, 1.54) is 4.90 Å². The maximum Gasteiger partial charge on any atom is 0.293 e. The topological polar surface area (TPSA) is 55.8 Å². The van der Waals surface area contributed by atoms with Gasteiger partial charge in [0.2, 0.25) is 0 Å². The molecule has 35 heavy (non-hydrogen) atoms. The number of carbonyl (C=O) groups excluding carboxylic acids is 2. The Hall–Kier alpha value is -2.30. The van der Waals surface area contributed by atoms with Crippen LogP contribution >= 0.6 is 50.3 Å². The van der Waals surface area contributed by atoms with Crippen molar-refractivity contribution in [2.45, 2.75) is 20.0 Å². The first kappa shape index (κ1) is 25.8. The van der Waals surface area contributed by atoms with Gasteiger partial charge in [-0.15, -0.1) is 0 Å². The Morgan fingerprint density at radius 2 is 1.74 bits per heavy atom. The number of imide groups is 1. The van der Waals surface area contributed by atoms with E-state index in [1.807, 2.05) is 73.7 Å². The Kier molecular flexibility index (Phi) is 8.91. The highest BCUT2D eigenvalue weighted by Gasteiger charge is 2.34. The Morgan fingerprint density at radius 3 is 2.46 bits per heavy atom. The lowest BCUT2D eigenvalue weighted by atomic mass is 10.1. The highest BCUT2D eigenvalue weighted by atomic mass is 127. The summed E-state index contributed by atoms with van der Waals surface area (Å²) in [5.74, 6) is 0.994. The van der Waals surface area contributed by atoms with Gasteiger partial charge in [-0.25, -0.2) is 0 Å². The molecule has 0 radical (unpaired) electrons. The van der Waals surface area contributed by atoms with Crippen molar-refractivity contribution >= 4 is 67.5 Å². The van der Waals surface area contributed by atoms with Crippen molar-refractivity contribution in [3.05, 3.63) is 96.4 Å². The van der Waals surface area contributed by atoms with Gasteiger partial charge in [-0.1, -0.05) is 58.4 Å². The van der Waals surface area contributed by atoms with Crippen molar-refractivity contribution in [2.24, 2.45) is 0 Å². The highest BCUT2D eigenvalue weighted by Crippen LogP contribution is 2.38. The fourth-order valence-corrected chi connectivity index (χ4v) is 5.45. The van der Waals surface area contributed by atoms with Crippen LogP contribution in [0.1, 0.15) is 23.6 Å². The van der Waals surface area contributed by atoms with Crippen LogP contribution in [0.15, 0.2) is 76.1 Å². The number of halogens is 2. The molecule has 4 rings (SSSR count). The zero-order valence-electron chi connectivity index (χ0n) is 19.0. The quantitative estimate of drug-likeness (QED) is 0.178. The van der Waals surface area contributed by atoms with Gasteiger partial charge >= 0.3 is 0 Å². The normalized spacial score (nSPS) is 14.6. The second kappa shape index (κ2) is 12.1. The Balaban J connectivity index is 1.50. The summed E-state index contributed by atoms with van der Waals surface area (Å²) in [4.78, 5) is 27.2. The van der Waals surface area contributed by atoms with E-state index in [9.17, 15) is 9.59 Å². The number of ether oxygens (including phenoxy) is 2. The number of benzene rings is 3. The molecule has 1 saturated heterocycles.